The Labute approximate surface area is 122 Å². The van der Waals surface area contributed by atoms with Crippen molar-refractivity contribution >= 4 is 26.6 Å². The molecular formula is C17H19N2P. The van der Waals surface area contributed by atoms with Gasteiger partial charge in [0.2, 0.25) is 0 Å². The Balaban J connectivity index is 2.63. The van der Waals surface area contributed by atoms with E-state index in [1.165, 1.54) is 11.1 Å². The fraction of sp³-hybridized carbons (Fsp3) is 0.118. The van der Waals surface area contributed by atoms with Crippen LogP contribution in [0.2, 0.25) is 0 Å². The molecule has 20 heavy (non-hydrogen) atoms. The van der Waals surface area contributed by atoms with Crippen LogP contribution >= 0.6 is 9.24 Å². The molecule has 0 spiro atoms. The Hall–Kier alpha value is -1.92. The molecule has 1 aromatic carbocycles. The standard InChI is InChI=1S/C17H19N2P/c1-3-12-8-9-14(17(19-2)16(20)11-18)15(10-12)13-6-4-5-7-13/h3-4,6-11H,1,5,18,20H2,2H3. The molecule has 1 atom stereocenters. The molecule has 0 bridgehead atoms. The first-order valence-electron chi connectivity index (χ1n) is 6.49. The highest BCUT2D eigenvalue weighted by atomic mass is 31.0. The smallest absolute Gasteiger partial charge is 0.0735 e. The summed E-state index contributed by atoms with van der Waals surface area (Å²) in [5.41, 5.74) is 11.1. The zero-order valence-electron chi connectivity index (χ0n) is 11.6. The summed E-state index contributed by atoms with van der Waals surface area (Å²) in [6, 6.07) is 6.27. The number of hydrogen-bond acceptors (Lipinski definition) is 2. The molecular weight excluding hydrogens is 263 g/mol. The van der Waals surface area contributed by atoms with Crippen LogP contribution < -0.4 is 5.73 Å². The SMILES string of the molecule is C=Cc1ccc(C(=NC)C(P)=CN)c(C2=CCC=C2)c1. The molecule has 0 aliphatic heterocycles. The zero-order chi connectivity index (χ0) is 14.5. The second-order valence-electron chi connectivity index (χ2n) is 4.50. The van der Waals surface area contributed by atoms with Crippen LogP contribution in [-0.2, 0) is 0 Å². The van der Waals surface area contributed by atoms with E-state index in [1.807, 2.05) is 12.1 Å². The van der Waals surface area contributed by atoms with Crippen molar-refractivity contribution < 1.29 is 0 Å². The van der Waals surface area contributed by atoms with Gasteiger partial charge in [0.25, 0.3) is 0 Å². The molecule has 0 fully saturated rings. The molecule has 2 N–H and O–H groups in total. The quantitative estimate of drug-likeness (QED) is 0.662. The summed E-state index contributed by atoms with van der Waals surface area (Å²) in [6.07, 6.45) is 10.9. The maximum atomic E-state index is 5.64. The molecule has 102 valence electrons. The Morgan fingerprint density at radius 3 is 2.80 bits per heavy atom. The maximum absolute atomic E-state index is 5.64. The fourth-order valence-electron chi connectivity index (χ4n) is 2.28. The van der Waals surface area contributed by atoms with Gasteiger partial charge in [-0.2, -0.15) is 0 Å². The number of aliphatic imine (C=N–C) groups is 1. The van der Waals surface area contributed by atoms with E-state index >= 15 is 0 Å². The lowest BCUT2D eigenvalue weighted by molar-refractivity contribution is 1.41. The van der Waals surface area contributed by atoms with Crippen molar-refractivity contribution in [1.29, 1.82) is 0 Å². The molecule has 1 aromatic rings. The predicted molar refractivity (Wildman–Crippen MR) is 92.7 cm³/mol. The first-order valence-corrected chi connectivity index (χ1v) is 7.07. The first kappa shape index (κ1) is 14.5. The van der Waals surface area contributed by atoms with Crippen LogP contribution in [-0.4, -0.2) is 12.8 Å². The normalized spacial score (nSPS) is 15.4. The fourth-order valence-corrected chi connectivity index (χ4v) is 2.56. The third-order valence-corrected chi connectivity index (χ3v) is 3.76. The summed E-state index contributed by atoms with van der Waals surface area (Å²) in [7, 11) is 4.42. The minimum atomic E-state index is 0.891. The lowest BCUT2D eigenvalue weighted by Gasteiger charge is -2.13. The predicted octanol–water partition coefficient (Wildman–Crippen LogP) is 3.77. The van der Waals surface area contributed by atoms with Crippen LogP contribution in [0, 0.1) is 0 Å². The summed E-state index contributed by atoms with van der Waals surface area (Å²) in [5, 5.41) is 0.891. The second-order valence-corrected chi connectivity index (χ2v) is 5.12. The van der Waals surface area contributed by atoms with Gasteiger partial charge in [0.15, 0.2) is 0 Å². The van der Waals surface area contributed by atoms with Crippen molar-refractivity contribution in [3.05, 3.63) is 71.2 Å². The monoisotopic (exact) mass is 282 g/mol. The Bertz CT molecular complexity index is 649. The number of rotatable bonds is 4. The van der Waals surface area contributed by atoms with Gasteiger partial charge in [-0.25, -0.2) is 0 Å². The molecule has 0 radical (unpaired) electrons. The van der Waals surface area contributed by atoms with Crippen molar-refractivity contribution in [3.63, 3.8) is 0 Å². The van der Waals surface area contributed by atoms with Crippen molar-refractivity contribution in [2.45, 2.75) is 6.42 Å². The van der Waals surface area contributed by atoms with Crippen LogP contribution in [0.4, 0.5) is 0 Å². The number of benzene rings is 1. The number of hydrogen-bond donors (Lipinski definition) is 1. The molecule has 1 aliphatic carbocycles. The molecule has 0 heterocycles. The van der Waals surface area contributed by atoms with E-state index in [1.54, 1.807) is 13.2 Å². The van der Waals surface area contributed by atoms with Crippen LogP contribution in [0.1, 0.15) is 23.1 Å². The molecule has 2 rings (SSSR count). The summed E-state index contributed by atoms with van der Waals surface area (Å²) in [4.78, 5) is 4.39. The molecule has 0 aromatic heterocycles. The van der Waals surface area contributed by atoms with Gasteiger partial charge in [-0.1, -0.05) is 43.0 Å². The first-order chi connectivity index (χ1) is 9.71. The highest BCUT2D eigenvalue weighted by molar-refractivity contribution is 7.25. The van der Waals surface area contributed by atoms with Crippen molar-refractivity contribution in [1.82, 2.24) is 0 Å². The third kappa shape index (κ3) is 2.81. The zero-order valence-corrected chi connectivity index (χ0v) is 12.8. The van der Waals surface area contributed by atoms with E-state index in [4.69, 9.17) is 5.73 Å². The molecule has 0 saturated carbocycles. The largest absolute Gasteiger partial charge is 0.404 e. The Morgan fingerprint density at radius 1 is 1.45 bits per heavy atom. The molecule has 0 saturated heterocycles. The van der Waals surface area contributed by atoms with Crippen molar-refractivity contribution in [3.8, 4) is 0 Å². The number of nitrogens with zero attached hydrogens (tertiary/aromatic N) is 1. The molecule has 2 nitrogen and oxygen atoms in total. The van der Waals surface area contributed by atoms with Gasteiger partial charge in [0.05, 0.1) is 5.71 Å². The van der Waals surface area contributed by atoms with Crippen molar-refractivity contribution in [2.75, 3.05) is 7.05 Å². The van der Waals surface area contributed by atoms with Gasteiger partial charge in [-0.15, -0.1) is 9.24 Å². The Morgan fingerprint density at radius 2 is 2.25 bits per heavy atom. The lowest BCUT2D eigenvalue weighted by Crippen LogP contribution is -2.06. The highest BCUT2D eigenvalue weighted by Gasteiger charge is 2.14. The van der Waals surface area contributed by atoms with Gasteiger partial charge < -0.3 is 5.73 Å². The average molecular weight is 282 g/mol. The van der Waals surface area contributed by atoms with Gasteiger partial charge in [-0.05, 0) is 29.2 Å². The lowest BCUT2D eigenvalue weighted by atomic mass is 9.94. The van der Waals surface area contributed by atoms with Crippen LogP contribution in [0.15, 0.2) is 59.5 Å². The topological polar surface area (TPSA) is 38.4 Å². The van der Waals surface area contributed by atoms with Gasteiger partial charge in [0, 0.05) is 24.1 Å². The van der Waals surface area contributed by atoms with E-state index < -0.39 is 0 Å². The summed E-state index contributed by atoms with van der Waals surface area (Å²) in [5.74, 6) is 0. The van der Waals surface area contributed by atoms with Crippen LogP contribution in [0.5, 0.6) is 0 Å². The minimum absolute atomic E-state index is 0.891. The summed E-state index contributed by atoms with van der Waals surface area (Å²) < 4.78 is 0. The Kier molecular flexibility index (Phi) is 4.70. The molecule has 1 aliphatic rings. The van der Waals surface area contributed by atoms with Gasteiger partial charge >= 0.3 is 0 Å². The second kappa shape index (κ2) is 6.49. The van der Waals surface area contributed by atoms with Gasteiger partial charge in [0.1, 0.15) is 0 Å². The third-order valence-electron chi connectivity index (χ3n) is 3.29. The van der Waals surface area contributed by atoms with Gasteiger partial charge in [-0.3, -0.25) is 4.99 Å². The van der Waals surface area contributed by atoms with Crippen molar-refractivity contribution in [2.24, 2.45) is 10.7 Å². The number of allylic oxidation sites excluding steroid dienone is 5. The van der Waals surface area contributed by atoms with E-state index in [9.17, 15) is 0 Å². The van der Waals surface area contributed by atoms with E-state index in [-0.39, 0.29) is 0 Å². The van der Waals surface area contributed by atoms with Crippen LogP contribution in [0.3, 0.4) is 0 Å². The maximum Gasteiger partial charge on any atom is 0.0735 e. The molecule has 1 unspecified atom stereocenters. The summed E-state index contributed by atoms with van der Waals surface area (Å²) in [6.45, 7) is 3.84. The minimum Gasteiger partial charge on any atom is -0.404 e. The molecule has 3 heteroatoms. The van der Waals surface area contributed by atoms with E-state index in [2.05, 4.69) is 51.2 Å². The highest BCUT2D eigenvalue weighted by Crippen LogP contribution is 2.29. The van der Waals surface area contributed by atoms with E-state index in [0.717, 1.165) is 28.6 Å². The number of nitrogens with two attached hydrogens (primary N) is 1. The average Bonchev–Trinajstić information content (AvgIpc) is 3.02. The van der Waals surface area contributed by atoms with Crippen LogP contribution in [0.25, 0.3) is 11.6 Å². The molecule has 0 amide bonds. The van der Waals surface area contributed by atoms with E-state index in [0.29, 0.717) is 0 Å². The summed E-state index contributed by atoms with van der Waals surface area (Å²) >= 11 is 0.